The molecule has 1 heterocycles. The van der Waals surface area contributed by atoms with Gasteiger partial charge in [0.15, 0.2) is 0 Å². The van der Waals surface area contributed by atoms with Crippen LogP contribution in [0.15, 0.2) is 60.7 Å². The van der Waals surface area contributed by atoms with Crippen molar-refractivity contribution in [1.82, 2.24) is 4.90 Å². The monoisotopic (exact) mass is 421 g/mol. The molecule has 1 aliphatic rings. The van der Waals surface area contributed by atoms with Gasteiger partial charge in [-0.05, 0) is 52.2 Å². The molecule has 3 aromatic carbocycles. The van der Waals surface area contributed by atoms with Gasteiger partial charge in [0.1, 0.15) is 12.8 Å². The van der Waals surface area contributed by atoms with Gasteiger partial charge in [0.25, 0.3) is 0 Å². The van der Waals surface area contributed by atoms with E-state index < -0.39 is 18.0 Å². The number of carbonyl (C=O) groups is 2. The van der Waals surface area contributed by atoms with Gasteiger partial charge in [-0.1, -0.05) is 30.3 Å². The molecule has 7 nitrogen and oxygen atoms in total. The van der Waals surface area contributed by atoms with Gasteiger partial charge in [-0.3, -0.25) is 4.90 Å². The van der Waals surface area contributed by atoms with E-state index >= 15 is 0 Å². The summed E-state index contributed by atoms with van der Waals surface area (Å²) >= 11 is 0. The van der Waals surface area contributed by atoms with Crippen LogP contribution in [-0.2, 0) is 9.47 Å². The minimum absolute atomic E-state index is 0.162. The van der Waals surface area contributed by atoms with Gasteiger partial charge in [0.05, 0.1) is 24.3 Å². The third-order valence-electron chi connectivity index (χ3n) is 5.37. The number of esters is 1. The second-order valence-corrected chi connectivity index (χ2v) is 7.44. The van der Waals surface area contributed by atoms with Crippen molar-refractivity contribution in [3.63, 3.8) is 0 Å². The Hall–Kier alpha value is -3.26. The summed E-state index contributed by atoms with van der Waals surface area (Å²) in [5.41, 5.74) is 1.84. The van der Waals surface area contributed by atoms with E-state index in [0.717, 1.165) is 23.9 Å². The number of hydrogen-bond donors (Lipinski definition) is 2. The Morgan fingerprint density at radius 1 is 0.903 bits per heavy atom. The van der Waals surface area contributed by atoms with Crippen molar-refractivity contribution in [2.45, 2.75) is 6.10 Å². The van der Waals surface area contributed by atoms with Gasteiger partial charge in [-0.15, -0.1) is 0 Å². The summed E-state index contributed by atoms with van der Waals surface area (Å²) in [6, 6.07) is 17.0. The molecule has 4 rings (SSSR count). The number of aromatic carboxylic acids is 1. The summed E-state index contributed by atoms with van der Waals surface area (Å²) in [6.45, 7) is 2.97. The van der Waals surface area contributed by atoms with Gasteiger partial charge in [-0.25, -0.2) is 9.59 Å². The first kappa shape index (κ1) is 21.0. The lowest BCUT2D eigenvalue weighted by molar-refractivity contribution is -0.0209. The number of fused-ring (bicyclic) bond motifs is 1. The standard InChI is InChI=1S/C24H23NO6/c26-22(17-3-5-18(6-4-17)23(27)28)19-7-1-16-2-8-20(14-21(16)13-19)24(29)31-15-25-9-11-30-12-10-25/h1-8,13-14,22,26H,9-12,15H2,(H,27,28). The van der Waals surface area contributed by atoms with Crippen molar-refractivity contribution in [1.29, 1.82) is 0 Å². The van der Waals surface area contributed by atoms with E-state index in [1.165, 1.54) is 12.1 Å². The number of morpholine rings is 1. The SMILES string of the molecule is O=C(O)c1ccc(C(O)c2ccc3ccc(C(=O)OCN4CCOCC4)cc3c2)cc1. The zero-order chi connectivity index (χ0) is 21.8. The lowest BCUT2D eigenvalue weighted by atomic mass is 9.97. The van der Waals surface area contributed by atoms with Crippen LogP contribution < -0.4 is 0 Å². The number of hydrogen-bond acceptors (Lipinski definition) is 6. The summed E-state index contributed by atoms with van der Waals surface area (Å²) in [6.07, 6.45) is -0.913. The van der Waals surface area contributed by atoms with Gasteiger partial charge in [-0.2, -0.15) is 0 Å². The van der Waals surface area contributed by atoms with Crippen LogP contribution in [0.5, 0.6) is 0 Å². The van der Waals surface area contributed by atoms with Crippen LogP contribution in [-0.4, -0.2) is 60.1 Å². The first-order chi connectivity index (χ1) is 15.0. The zero-order valence-corrected chi connectivity index (χ0v) is 16.9. The first-order valence-corrected chi connectivity index (χ1v) is 10.0. The first-order valence-electron chi connectivity index (χ1n) is 10.0. The average molecular weight is 421 g/mol. The maximum Gasteiger partial charge on any atom is 0.339 e. The van der Waals surface area contributed by atoms with E-state index in [1.807, 2.05) is 29.2 Å². The van der Waals surface area contributed by atoms with Crippen LogP contribution in [0.25, 0.3) is 10.8 Å². The highest BCUT2D eigenvalue weighted by atomic mass is 16.5. The molecular weight excluding hydrogens is 398 g/mol. The second-order valence-electron chi connectivity index (χ2n) is 7.44. The van der Waals surface area contributed by atoms with Crippen molar-refractivity contribution in [3.8, 4) is 0 Å². The third kappa shape index (κ3) is 4.91. The molecular formula is C24H23NO6. The summed E-state index contributed by atoms with van der Waals surface area (Å²) < 4.78 is 10.7. The molecule has 0 radical (unpaired) electrons. The molecule has 2 N–H and O–H groups in total. The van der Waals surface area contributed by atoms with Crippen LogP contribution in [0.3, 0.4) is 0 Å². The quantitative estimate of drug-likeness (QED) is 0.591. The Balaban J connectivity index is 1.51. The van der Waals surface area contributed by atoms with E-state index in [1.54, 1.807) is 24.3 Å². The van der Waals surface area contributed by atoms with Crippen molar-refractivity contribution < 1.29 is 29.3 Å². The van der Waals surface area contributed by atoms with Crippen LogP contribution in [0, 0.1) is 0 Å². The van der Waals surface area contributed by atoms with Crippen molar-refractivity contribution >= 4 is 22.7 Å². The number of carbonyl (C=O) groups excluding carboxylic acids is 1. The summed E-state index contributed by atoms with van der Waals surface area (Å²) in [4.78, 5) is 25.5. The smallest absolute Gasteiger partial charge is 0.339 e. The van der Waals surface area contributed by atoms with E-state index in [-0.39, 0.29) is 12.3 Å². The highest BCUT2D eigenvalue weighted by Crippen LogP contribution is 2.26. The molecule has 0 spiro atoms. The molecule has 7 heteroatoms. The second kappa shape index (κ2) is 9.26. The van der Waals surface area contributed by atoms with Crippen LogP contribution in [0.1, 0.15) is 37.9 Å². The van der Waals surface area contributed by atoms with Crippen molar-refractivity contribution in [2.24, 2.45) is 0 Å². The molecule has 0 aliphatic carbocycles. The molecule has 0 aromatic heterocycles. The van der Waals surface area contributed by atoms with E-state index in [2.05, 4.69) is 0 Å². The molecule has 0 bridgehead atoms. The van der Waals surface area contributed by atoms with E-state index in [0.29, 0.717) is 29.9 Å². The number of ether oxygens (including phenoxy) is 2. The Morgan fingerprint density at radius 2 is 1.55 bits per heavy atom. The van der Waals surface area contributed by atoms with E-state index in [4.69, 9.17) is 14.6 Å². The predicted octanol–water partition coefficient (Wildman–Crippen LogP) is 3.07. The van der Waals surface area contributed by atoms with Crippen LogP contribution >= 0.6 is 0 Å². The number of rotatable bonds is 6. The fraction of sp³-hybridized carbons (Fsp3) is 0.250. The number of aliphatic hydroxyl groups excluding tert-OH is 1. The highest BCUT2D eigenvalue weighted by Gasteiger charge is 2.15. The molecule has 1 aliphatic heterocycles. The average Bonchev–Trinajstić information content (AvgIpc) is 2.82. The molecule has 3 aromatic rings. The minimum Gasteiger partial charge on any atom is -0.478 e. The predicted molar refractivity (Wildman–Crippen MR) is 114 cm³/mol. The summed E-state index contributed by atoms with van der Waals surface area (Å²) in [5.74, 6) is -1.41. The molecule has 1 unspecified atom stereocenters. The minimum atomic E-state index is -1.01. The lowest BCUT2D eigenvalue weighted by Gasteiger charge is -2.25. The van der Waals surface area contributed by atoms with Gasteiger partial charge in [0, 0.05) is 13.1 Å². The Bertz CT molecular complexity index is 1090. The maximum absolute atomic E-state index is 12.5. The number of carboxylic acid groups (broad SMARTS) is 1. The third-order valence-corrected chi connectivity index (χ3v) is 5.37. The molecule has 1 fully saturated rings. The molecule has 0 amide bonds. The number of aliphatic hydroxyl groups is 1. The normalized spacial score (nSPS) is 15.5. The Labute approximate surface area is 179 Å². The van der Waals surface area contributed by atoms with Crippen molar-refractivity contribution in [2.75, 3.05) is 33.0 Å². The van der Waals surface area contributed by atoms with Crippen LogP contribution in [0.2, 0.25) is 0 Å². The topological polar surface area (TPSA) is 96.3 Å². The van der Waals surface area contributed by atoms with Gasteiger partial charge >= 0.3 is 11.9 Å². The number of benzene rings is 3. The summed E-state index contributed by atoms with van der Waals surface area (Å²) in [7, 11) is 0. The largest absolute Gasteiger partial charge is 0.478 e. The van der Waals surface area contributed by atoms with Gasteiger partial charge < -0.3 is 19.7 Å². The molecule has 0 saturated carbocycles. The van der Waals surface area contributed by atoms with Crippen LogP contribution in [0.4, 0.5) is 0 Å². The maximum atomic E-state index is 12.5. The number of nitrogens with zero attached hydrogens (tertiary/aromatic N) is 1. The lowest BCUT2D eigenvalue weighted by Crippen LogP contribution is -2.38. The molecule has 160 valence electrons. The molecule has 31 heavy (non-hydrogen) atoms. The Morgan fingerprint density at radius 3 is 2.26 bits per heavy atom. The number of carboxylic acids is 1. The molecule has 1 saturated heterocycles. The highest BCUT2D eigenvalue weighted by molar-refractivity contribution is 5.95. The van der Waals surface area contributed by atoms with Crippen molar-refractivity contribution in [3.05, 3.63) is 82.9 Å². The molecule has 1 atom stereocenters. The fourth-order valence-corrected chi connectivity index (χ4v) is 3.53. The fourth-order valence-electron chi connectivity index (χ4n) is 3.53. The van der Waals surface area contributed by atoms with E-state index in [9.17, 15) is 14.7 Å². The Kier molecular flexibility index (Phi) is 6.27. The summed E-state index contributed by atoms with van der Waals surface area (Å²) in [5, 5.41) is 21.5. The van der Waals surface area contributed by atoms with Gasteiger partial charge in [0.2, 0.25) is 0 Å². The zero-order valence-electron chi connectivity index (χ0n) is 16.9.